The maximum atomic E-state index is 9.28. The molecule has 0 unspecified atom stereocenters. The Morgan fingerprint density at radius 3 is 2.73 bits per heavy atom. The Kier molecular flexibility index (Phi) is 2.51. The molecule has 0 aromatic carbocycles. The minimum atomic E-state index is -0.691. The van der Waals surface area contributed by atoms with Crippen molar-refractivity contribution in [1.29, 1.82) is 0 Å². The molecule has 0 amide bonds. The quantitative estimate of drug-likeness (QED) is 0.616. The van der Waals surface area contributed by atoms with E-state index in [0.29, 0.717) is 5.69 Å². The number of aromatic nitrogens is 2. The second kappa shape index (κ2) is 3.41. The number of hydrogen-bond acceptors (Lipinski definition) is 4. The lowest BCUT2D eigenvalue weighted by molar-refractivity contribution is 0.180. The van der Waals surface area contributed by atoms with Gasteiger partial charge in [-0.25, -0.2) is 0 Å². The number of hydrogen-bond donors (Lipinski definition) is 2. The fraction of sp³-hybridized carbons (Fsp3) is 0.429. The van der Waals surface area contributed by atoms with Crippen LogP contribution in [-0.4, -0.2) is 21.6 Å². The van der Waals surface area contributed by atoms with Crippen molar-refractivity contribution in [3.63, 3.8) is 0 Å². The highest BCUT2D eigenvalue weighted by molar-refractivity contribution is 5.11. The molecule has 0 bridgehead atoms. The molecule has 0 aliphatic carbocycles. The van der Waals surface area contributed by atoms with Gasteiger partial charge in [0.15, 0.2) is 0 Å². The molecular weight excluding hydrogens is 142 g/mol. The van der Waals surface area contributed by atoms with Crippen LogP contribution in [0.3, 0.4) is 0 Å². The summed E-state index contributed by atoms with van der Waals surface area (Å²) in [6.07, 6.45) is 2.44. The first kappa shape index (κ1) is 8.10. The second-order valence-corrected chi connectivity index (χ2v) is 2.28. The van der Waals surface area contributed by atoms with E-state index in [-0.39, 0.29) is 6.54 Å². The highest BCUT2D eigenvalue weighted by atomic mass is 16.3. The normalized spacial score (nSPS) is 13.0. The zero-order valence-corrected chi connectivity index (χ0v) is 6.36. The van der Waals surface area contributed by atoms with Gasteiger partial charge in [0.25, 0.3) is 0 Å². The number of nitrogens with zero attached hydrogens (tertiary/aromatic N) is 2. The molecule has 1 aromatic rings. The van der Waals surface area contributed by atoms with Crippen molar-refractivity contribution in [2.45, 2.75) is 13.0 Å². The molecule has 11 heavy (non-hydrogen) atoms. The van der Waals surface area contributed by atoms with Gasteiger partial charge in [-0.15, -0.1) is 0 Å². The van der Waals surface area contributed by atoms with Crippen LogP contribution in [0, 0.1) is 6.92 Å². The van der Waals surface area contributed by atoms with E-state index in [1.807, 2.05) is 0 Å². The summed E-state index contributed by atoms with van der Waals surface area (Å²) in [4.78, 5) is 7.93. The molecule has 0 aliphatic rings. The maximum absolute atomic E-state index is 9.28. The molecule has 3 N–H and O–H groups in total. The van der Waals surface area contributed by atoms with Crippen LogP contribution in [0.2, 0.25) is 0 Å². The van der Waals surface area contributed by atoms with Gasteiger partial charge in [0.2, 0.25) is 0 Å². The van der Waals surface area contributed by atoms with Crippen LogP contribution in [0.5, 0.6) is 0 Å². The summed E-state index contributed by atoms with van der Waals surface area (Å²) >= 11 is 0. The van der Waals surface area contributed by atoms with E-state index in [0.717, 1.165) is 5.69 Å². The third-order valence-corrected chi connectivity index (χ3v) is 1.46. The third-order valence-electron chi connectivity index (χ3n) is 1.46. The van der Waals surface area contributed by atoms with Crippen molar-refractivity contribution in [2.24, 2.45) is 5.73 Å². The van der Waals surface area contributed by atoms with Gasteiger partial charge in [-0.05, 0) is 6.92 Å². The molecule has 60 valence electrons. The van der Waals surface area contributed by atoms with E-state index in [1.165, 1.54) is 0 Å². The number of aliphatic hydroxyl groups excluding tert-OH is 1. The summed E-state index contributed by atoms with van der Waals surface area (Å²) in [5.41, 5.74) is 6.55. The molecule has 1 aromatic heterocycles. The molecule has 1 heterocycles. The Morgan fingerprint density at radius 2 is 2.18 bits per heavy atom. The smallest absolute Gasteiger partial charge is 0.110 e. The average molecular weight is 153 g/mol. The first-order valence-corrected chi connectivity index (χ1v) is 3.41. The van der Waals surface area contributed by atoms with Crippen LogP contribution in [0.25, 0.3) is 0 Å². The summed E-state index contributed by atoms with van der Waals surface area (Å²) in [5.74, 6) is 0. The van der Waals surface area contributed by atoms with Gasteiger partial charge in [0, 0.05) is 18.9 Å². The van der Waals surface area contributed by atoms with E-state index in [2.05, 4.69) is 9.97 Å². The second-order valence-electron chi connectivity index (χ2n) is 2.28. The topological polar surface area (TPSA) is 72.0 Å². The highest BCUT2D eigenvalue weighted by Crippen LogP contribution is 2.09. The summed E-state index contributed by atoms with van der Waals surface area (Å²) < 4.78 is 0. The summed E-state index contributed by atoms with van der Waals surface area (Å²) in [7, 11) is 0. The Labute approximate surface area is 65.1 Å². The molecule has 0 fully saturated rings. The number of rotatable bonds is 2. The van der Waals surface area contributed by atoms with E-state index in [9.17, 15) is 5.11 Å². The van der Waals surface area contributed by atoms with Gasteiger partial charge >= 0.3 is 0 Å². The predicted molar refractivity (Wildman–Crippen MR) is 40.8 cm³/mol. The van der Waals surface area contributed by atoms with Gasteiger partial charge in [-0.3, -0.25) is 9.97 Å². The van der Waals surface area contributed by atoms with Gasteiger partial charge in [0.05, 0.1) is 11.4 Å². The van der Waals surface area contributed by atoms with Crippen molar-refractivity contribution in [3.05, 3.63) is 23.8 Å². The number of aliphatic hydroxyl groups is 1. The van der Waals surface area contributed by atoms with E-state index in [1.54, 1.807) is 19.3 Å². The lowest BCUT2D eigenvalue weighted by Gasteiger charge is -2.07. The minimum absolute atomic E-state index is 0.180. The molecule has 1 atom stereocenters. The Morgan fingerprint density at radius 1 is 1.55 bits per heavy atom. The summed E-state index contributed by atoms with van der Waals surface area (Å²) in [5, 5.41) is 9.28. The molecule has 4 heteroatoms. The van der Waals surface area contributed by atoms with E-state index in [4.69, 9.17) is 5.73 Å². The SMILES string of the molecule is Cc1nccnc1[C@H](O)CN. The van der Waals surface area contributed by atoms with Crippen molar-refractivity contribution >= 4 is 0 Å². The Hall–Kier alpha value is -1.00. The van der Waals surface area contributed by atoms with Gasteiger partial charge < -0.3 is 10.8 Å². The van der Waals surface area contributed by atoms with E-state index >= 15 is 0 Å². The lowest BCUT2D eigenvalue weighted by atomic mass is 10.2. The molecule has 0 saturated carbocycles. The largest absolute Gasteiger partial charge is 0.385 e. The first-order valence-electron chi connectivity index (χ1n) is 3.41. The van der Waals surface area contributed by atoms with Gasteiger partial charge in [-0.2, -0.15) is 0 Å². The Balaban J connectivity index is 2.93. The van der Waals surface area contributed by atoms with Crippen molar-refractivity contribution in [3.8, 4) is 0 Å². The molecule has 1 rings (SSSR count). The Bertz CT molecular complexity index is 239. The van der Waals surface area contributed by atoms with Crippen LogP contribution in [0.4, 0.5) is 0 Å². The van der Waals surface area contributed by atoms with Crippen molar-refractivity contribution < 1.29 is 5.11 Å². The third kappa shape index (κ3) is 1.72. The van der Waals surface area contributed by atoms with Crippen LogP contribution >= 0.6 is 0 Å². The standard InChI is InChI=1S/C7H11N3O/c1-5-7(6(11)4-8)10-3-2-9-5/h2-3,6,11H,4,8H2,1H3/t6-/m1/s1. The molecule has 4 nitrogen and oxygen atoms in total. The maximum Gasteiger partial charge on any atom is 0.110 e. The average Bonchev–Trinajstić information content (AvgIpc) is 2.04. The molecule has 0 aliphatic heterocycles. The van der Waals surface area contributed by atoms with Crippen molar-refractivity contribution in [1.82, 2.24) is 9.97 Å². The van der Waals surface area contributed by atoms with Gasteiger partial charge in [0.1, 0.15) is 6.10 Å². The zero-order valence-electron chi connectivity index (χ0n) is 6.36. The van der Waals surface area contributed by atoms with Crippen LogP contribution in [0.15, 0.2) is 12.4 Å². The molecule has 0 spiro atoms. The number of nitrogens with two attached hydrogens (primary N) is 1. The minimum Gasteiger partial charge on any atom is -0.385 e. The first-order chi connectivity index (χ1) is 5.25. The van der Waals surface area contributed by atoms with Crippen molar-refractivity contribution in [2.75, 3.05) is 6.54 Å². The fourth-order valence-electron chi connectivity index (χ4n) is 0.857. The van der Waals surface area contributed by atoms with Crippen LogP contribution in [0.1, 0.15) is 17.5 Å². The lowest BCUT2D eigenvalue weighted by Crippen LogP contribution is -2.14. The fourth-order valence-corrected chi connectivity index (χ4v) is 0.857. The summed E-state index contributed by atoms with van der Waals surface area (Å²) in [6, 6.07) is 0. The van der Waals surface area contributed by atoms with Crippen LogP contribution in [-0.2, 0) is 0 Å². The molecule has 0 saturated heterocycles. The van der Waals surface area contributed by atoms with Crippen LogP contribution < -0.4 is 5.73 Å². The monoisotopic (exact) mass is 153 g/mol. The molecular formula is C7H11N3O. The summed E-state index contributed by atoms with van der Waals surface area (Å²) in [6.45, 7) is 1.97. The van der Waals surface area contributed by atoms with Gasteiger partial charge in [-0.1, -0.05) is 0 Å². The number of aryl methyl sites for hydroxylation is 1. The highest BCUT2D eigenvalue weighted by Gasteiger charge is 2.09. The zero-order chi connectivity index (χ0) is 8.27. The predicted octanol–water partition coefficient (Wildman–Crippen LogP) is -0.223. The van der Waals surface area contributed by atoms with E-state index < -0.39 is 6.10 Å². The molecule has 0 radical (unpaired) electrons.